The molecule has 0 heterocycles. The van der Waals surface area contributed by atoms with Crippen LogP contribution in [-0.2, 0) is 4.79 Å². The van der Waals surface area contributed by atoms with Crippen molar-refractivity contribution in [3.8, 4) is 5.75 Å². The number of aliphatic carboxylic acids is 1. The molecule has 16 heavy (non-hydrogen) atoms. The Balaban J connectivity index is 3.00. The van der Waals surface area contributed by atoms with Crippen molar-refractivity contribution < 1.29 is 14.6 Å². The van der Waals surface area contributed by atoms with E-state index in [4.69, 9.17) is 9.84 Å². The van der Waals surface area contributed by atoms with E-state index in [-0.39, 0.29) is 0 Å². The number of hydrogen-bond acceptors (Lipinski definition) is 2. The minimum absolute atomic E-state index is 0.460. The van der Waals surface area contributed by atoms with Gasteiger partial charge < -0.3 is 9.84 Å². The van der Waals surface area contributed by atoms with Crippen LogP contribution in [0.15, 0.2) is 12.1 Å². The molecule has 3 nitrogen and oxygen atoms in total. The number of benzene rings is 1. The molecule has 0 aliphatic carbocycles. The van der Waals surface area contributed by atoms with Crippen molar-refractivity contribution >= 4 is 5.97 Å². The predicted molar refractivity (Wildman–Crippen MR) is 63.0 cm³/mol. The van der Waals surface area contributed by atoms with Crippen LogP contribution in [0.2, 0.25) is 0 Å². The first-order valence-corrected chi connectivity index (χ1v) is 5.43. The molecular weight excluding hydrogens is 204 g/mol. The zero-order valence-electron chi connectivity index (χ0n) is 10.2. The van der Waals surface area contributed by atoms with Crippen molar-refractivity contribution in [2.75, 3.05) is 0 Å². The molecule has 0 spiro atoms. The maximum absolute atomic E-state index is 10.9. The topological polar surface area (TPSA) is 46.5 Å². The molecule has 0 aliphatic heterocycles. The summed E-state index contributed by atoms with van der Waals surface area (Å²) in [5, 5.41) is 8.94. The van der Waals surface area contributed by atoms with Gasteiger partial charge in [-0.3, -0.25) is 0 Å². The van der Waals surface area contributed by atoms with E-state index >= 15 is 0 Å². The summed E-state index contributed by atoms with van der Waals surface area (Å²) in [4.78, 5) is 10.9. The highest BCUT2D eigenvalue weighted by Crippen LogP contribution is 2.24. The Bertz CT molecular complexity index is 396. The lowest BCUT2D eigenvalue weighted by Crippen LogP contribution is -2.26. The second kappa shape index (κ2) is 5.01. The standard InChI is InChI=1S/C13H18O3/c1-5-11(13(14)15)16-12-7-8(2)6-9(3)10(12)4/h6-7,11H,5H2,1-4H3,(H,14,15). The molecule has 1 rings (SSSR count). The molecule has 1 atom stereocenters. The van der Waals surface area contributed by atoms with Crippen LogP contribution < -0.4 is 4.74 Å². The Morgan fingerprint density at radius 1 is 1.38 bits per heavy atom. The molecule has 0 aromatic heterocycles. The summed E-state index contributed by atoms with van der Waals surface area (Å²) in [5.74, 6) is -0.243. The first kappa shape index (κ1) is 12.6. The zero-order valence-corrected chi connectivity index (χ0v) is 10.2. The van der Waals surface area contributed by atoms with E-state index in [1.807, 2.05) is 26.8 Å². The second-order valence-electron chi connectivity index (χ2n) is 4.06. The van der Waals surface area contributed by atoms with Crippen LogP contribution in [0.3, 0.4) is 0 Å². The van der Waals surface area contributed by atoms with Crippen LogP contribution in [0.1, 0.15) is 30.0 Å². The smallest absolute Gasteiger partial charge is 0.344 e. The fourth-order valence-electron chi connectivity index (χ4n) is 1.58. The molecule has 1 aromatic carbocycles. The van der Waals surface area contributed by atoms with Crippen LogP contribution >= 0.6 is 0 Å². The van der Waals surface area contributed by atoms with Gasteiger partial charge in [0.1, 0.15) is 5.75 Å². The summed E-state index contributed by atoms with van der Waals surface area (Å²) < 4.78 is 5.52. The number of carboxylic acid groups (broad SMARTS) is 1. The average molecular weight is 222 g/mol. The number of hydrogen-bond donors (Lipinski definition) is 1. The summed E-state index contributed by atoms with van der Waals surface area (Å²) in [5.41, 5.74) is 3.21. The van der Waals surface area contributed by atoms with E-state index in [1.54, 1.807) is 6.92 Å². The highest BCUT2D eigenvalue weighted by Gasteiger charge is 2.18. The fourth-order valence-corrected chi connectivity index (χ4v) is 1.58. The SMILES string of the molecule is CCC(Oc1cc(C)cc(C)c1C)C(=O)O. The average Bonchev–Trinajstić information content (AvgIpc) is 2.20. The number of carbonyl (C=O) groups is 1. The molecule has 0 saturated carbocycles. The molecule has 1 aromatic rings. The molecular formula is C13H18O3. The molecule has 0 saturated heterocycles. The summed E-state index contributed by atoms with van der Waals surface area (Å²) in [6.07, 6.45) is -0.304. The lowest BCUT2D eigenvalue weighted by atomic mass is 10.1. The van der Waals surface area contributed by atoms with Crippen LogP contribution in [0, 0.1) is 20.8 Å². The van der Waals surface area contributed by atoms with Crippen molar-refractivity contribution in [3.63, 3.8) is 0 Å². The molecule has 1 N–H and O–H groups in total. The summed E-state index contributed by atoms with van der Waals surface area (Å²) in [7, 11) is 0. The van der Waals surface area contributed by atoms with Gasteiger partial charge in [0.15, 0.2) is 6.10 Å². The quantitative estimate of drug-likeness (QED) is 0.852. The van der Waals surface area contributed by atoms with Crippen LogP contribution in [0.5, 0.6) is 5.75 Å². The number of carboxylic acids is 1. The first-order chi connectivity index (χ1) is 7.45. The molecule has 88 valence electrons. The van der Waals surface area contributed by atoms with E-state index in [0.29, 0.717) is 12.2 Å². The van der Waals surface area contributed by atoms with E-state index < -0.39 is 12.1 Å². The van der Waals surface area contributed by atoms with Crippen molar-refractivity contribution in [1.29, 1.82) is 0 Å². The van der Waals surface area contributed by atoms with Gasteiger partial charge in [0, 0.05) is 0 Å². The van der Waals surface area contributed by atoms with Crippen molar-refractivity contribution in [3.05, 3.63) is 28.8 Å². The van der Waals surface area contributed by atoms with Gasteiger partial charge in [-0.25, -0.2) is 4.79 Å². The molecule has 0 aliphatic rings. The number of ether oxygens (including phenoxy) is 1. The maximum Gasteiger partial charge on any atom is 0.344 e. The van der Waals surface area contributed by atoms with E-state index in [1.165, 1.54) is 0 Å². The van der Waals surface area contributed by atoms with Gasteiger partial charge in [-0.15, -0.1) is 0 Å². The van der Waals surface area contributed by atoms with Crippen molar-refractivity contribution in [1.82, 2.24) is 0 Å². The summed E-state index contributed by atoms with van der Waals surface area (Å²) in [6.45, 7) is 7.72. The molecule has 1 unspecified atom stereocenters. The molecule has 3 heteroatoms. The minimum Gasteiger partial charge on any atom is -0.479 e. The first-order valence-electron chi connectivity index (χ1n) is 5.43. The molecule has 0 amide bonds. The third-order valence-electron chi connectivity index (χ3n) is 2.68. The Labute approximate surface area is 96.1 Å². The molecule has 0 bridgehead atoms. The predicted octanol–water partition coefficient (Wildman–Crippen LogP) is 2.85. The second-order valence-corrected chi connectivity index (χ2v) is 4.06. The third kappa shape index (κ3) is 2.75. The number of aryl methyl sites for hydroxylation is 2. The van der Waals surface area contributed by atoms with Gasteiger partial charge in [-0.05, 0) is 49.9 Å². The van der Waals surface area contributed by atoms with E-state index in [2.05, 4.69) is 6.07 Å². The van der Waals surface area contributed by atoms with Gasteiger partial charge in [0.2, 0.25) is 0 Å². The third-order valence-corrected chi connectivity index (χ3v) is 2.68. The normalized spacial score (nSPS) is 12.2. The molecule has 0 fully saturated rings. The Kier molecular flexibility index (Phi) is 3.93. The van der Waals surface area contributed by atoms with Crippen molar-refractivity contribution in [2.24, 2.45) is 0 Å². The van der Waals surface area contributed by atoms with Crippen LogP contribution in [0.25, 0.3) is 0 Å². The summed E-state index contributed by atoms with van der Waals surface area (Å²) >= 11 is 0. The zero-order chi connectivity index (χ0) is 12.3. The highest BCUT2D eigenvalue weighted by molar-refractivity contribution is 5.72. The fraction of sp³-hybridized carbons (Fsp3) is 0.462. The lowest BCUT2D eigenvalue weighted by Gasteiger charge is -2.16. The maximum atomic E-state index is 10.9. The number of rotatable bonds is 4. The van der Waals surface area contributed by atoms with Crippen LogP contribution in [0.4, 0.5) is 0 Å². The van der Waals surface area contributed by atoms with Crippen LogP contribution in [-0.4, -0.2) is 17.2 Å². The Hall–Kier alpha value is -1.51. The van der Waals surface area contributed by atoms with Gasteiger partial charge in [-0.2, -0.15) is 0 Å². The Morgan fingerprint density at radius 2 is 2.00 bits per heavy atom. The summed E-state index contributed by atoms with van der Waals surface area (Å²) in [6, 6.07) is 3.94. The monoisotopic (exact) mass is 222 g/mol. The van der Waals surface area contributed by atoms with E-state index in [9.17, 15) is 4.79 Å². The van der Waals surface area contributed by atoms with Gasteiger partial charge >= 0.3 is 5.97 Å². The lowest BCUT2D eigenvalue weighted by molar-refractivity contribution is -0.145. The molecule has 0 radical (unpaired) electrons. The van der Waals surface area contributed by atoms with Gasteiger partial charge in [0.25, 0.3) is 0 Å². The Morgan fingerprint density at radius 3 is 2.50 bits per heavy atom. The van der Waals surface area contributed by atoms with Gasteiger partial charge in [0.05, 0.1) is 0 Å². The van der Waals surface area contributed by atoms with Gasteiger partial charge in [-0.1, -0.05) is 13.0 Å². The van der Waals surface area contributed by atoms with Crippen molar-refractivity contribution in [2.45, 2.75) is 40.2 Å². The largest absolute Gasteiger partial charge is 0.479 e. The minimum atomic E-state index is -0.916. The highest BCUT2D eigenvalue weighted by atomic mass is 16.5. The van der Waals surface area contributed by atoms with E-state index in [0.717, 1.165) is 16.7 Å².